The van der Waals surface area contributed by atoms with Crippen molar-refractivity contribution in [3.63, 3.8) is 0 Å². The Morgan fingerprint density at radius 2 is 2.00 bits per heavy atom. The van der Waals surface area contributed by atoms with E-state index in [9.17, 15) is 4.79 Å². The lowest BCUT2D eigenvalue weighted by Crippen LogP contribution is -2.55. The SMILES string of the molecule is CCCC1(C(=O)N2CCC(N)C(C)(C)C2)CC1.Cl. The molecule has 0 aromatic heterocycles. The van der Waals surface area contributed by atoms with Crippen LogP contribution in [-0.2, 0) is 4.79 Å². The van der Waals surface area contributed by atoms with Crippen molar-refractivity contribution in [2.45, 2.75) is 58.9 Å². The number of nitrogens with two attached hydrogens (primary N) is 1. The second-order valence-electron chi connectivity index (χ2n) is 6.64. The Balaban J connectivity index is 0.00000162. The lowest BCUT2D eigenvalue weighted by molar-refractivity contribution is -0.140. The number of carbonyl (C=O) groups is 1. The second kappa shape index (κ2) is 5.38. The van der Waals surface area contributed by atoms with Crippen LogP contribution < -0.4 is 5.73 Å². The van der Waals surface area contributed by atoms with Crippen molar-refractivity contribution in [3.8, 4) is 0 Å². The van der Waals surface area contributed by atoms with E-state index in [2.05, 4.69) is 25.7 Å². The monoisotopic (exact) mass is 274 g/mol. The Morgan fingerprint density at radius 1 is 1.39 bits per heavy atom. The molecule has 1 unspecified atom stereocenters. The molecule has 2 aliphatic rings. The van der Waals surface area contributed by atoms with E-state index in [1.807, 2.05) is 0 Å². The minimum absolute atomic E-state index is 0. The van der Waals surface area contributed by atoms with Gasteiger partial charge in [0.25, 0.3) is 0 Å². The first-order valence-electron chi connectivity index (χ1n) is 6.96. The Labute approximate surface area is 117 Å². The molecule has 4 heteroatoms. The summed E-state index contributed by atoms with van der Waals surface area (Å²) in [5.74, 6) is 0.402. The van der Waals surface area contributed by atoms with Crippen molar-refractivity contribution in [1.82, 2.24) is 4.90 Å². The van der Waals surface area contributed by atoms with Gasteiger partial charge in [0.05, 0.1) is 0 Å². The highest BCUT2D eigenvalue weighted by Gasteiger charge is 2.51. The van der Waals surface area contributed by atoms with Crippen molar-refractivity contribution >= 4 is 18.3 Å². The number of hydrogen-bond donors (Lipinski definition) is 1. The molecule has 0 aromatic rings. The van der Waals surface area contributed by atoms with E-state index in [1.54, 1.807) is 0 Å². The van der Waals surface area contributed by atoms with Crippen LogP contribution >= 0.6 is 12.4 Å². The third-order valence-corrected chi connectivity index (χ3v) is 4.64. The van der Waals surface area contributed by atoms with Crippen molar-refractivity contribution < 1.29 is 4.79 Å². The number of piperidine rings is 1. The lowest BCUT2D eigenvalue weighted by atomic mass is 9.79. The minimum Gasteiger partial charge on any atom is -0.342 e. The van der Waals surface area contributed by atoms with Crippen LogP contribution in [0.15, 0.2) is 0 Å². The number of halogens is 1. The zero-order valence-electron chi connectivity index (χ0n) is 11.9. The molecular formula is C14H27ClN2O. The number of nitrogens with zero attached hydrogens (tertiary/aromatic N) is 1. The van der Waals surface area contributed by atoms with Gasteiger partial charge in [0.1, 0.15) is 0 Å². The maximum absolute atomic E-state index is 12.6. The summed E-state index contributed by atoms with van der Waals surface area (Å²) in [5, 5.41) is 0. The van der Waals surface area contributed by atoms with E-state index < -0.39 is 0 Å². The van der Waals surface area contributed by atoms with Gasteiger partial charge in [0.2, 0.25) is 5.91 Å². The fraction of sp³-hybridized carbons (Fsp3) is 0.929. The Bertz CT molecular complexity index is 313. The Hall–Kier alpha value is -0.280. The molecule has 0 spiro atoms. The molecule has 1 aliphatic heterocycles. The molecule has 2 N–H and O–H groups in total. The highest BCUT2D eigenvalue weighted by Crippen LogP contribution is 2.51. The third-order valence-electron chi connectivity index (χ3n) is 4.64. The van der Waals surface area contributed by atoms with E-state index >= 15 is 0 Å². The molecule has 1 saturated heterocycles. The first kappa shape index (κ1) is 15.8. The molecule has 1 atom stereocenters. The molecule has 0 bridgehead atoms. The molecular weight excluding hydrogens is 248 g/mol. The zero-order valence-corrected chi connectivity index (χ0v) is 12.7. The van der Waals surface area contributed by atoms with Gasteiger partial charge in [-0.15, -0.1) is 12.4 Å². The summed E-state index contributed by atoms with van der Waals surface area (Å²) in [6.07, 6.45) is 5.32. The van der Waals surface area contributed by atoms with Gasteiger partial charge in [-0.05, 0) is 31.1 Å². The largest absolute Gasteiger partial charge is 0.342 e. The van der Waals surface area contributed by atoms with Crippen molar-refractivity contribution in [1.29, 1.82) is 0 Å². The van der Waals surface area contributed by atoms with Gasteiger partial charge in [-0.1, -0.05) is 27.2 Å². The van der Waals surface area contributed by atoms with Gasteiger partial charge in [-0.2, -0.15) is 0 Å². The van der Waals surface area contributed by atoms with E-state index in [-0.39, 0.29) is 29.3 Å². The van der Waals surface area contributed by atoms with Crippen LogP contribution in [0.1, 0.15) is 52.9 Å². The molecule has 3 nitrogen and oxygen atoms in total. The van der Waals surface area contributed by atoms with Crippen LogP contribution in [0, 0.1) is 10.8 Å². The lowest BCUT2D eigenvalue weighted by Gasteiger charge is -2.43. The summed E-state index contributed by atoms with van der Waals surface area (Å²) < 4.78 is 0. The van der Waals surface area contributed by atoms with Crippen LogP contribution in [0.3, 0.4) is 0 Å². The summed E-state index contributed by atoms with van der Waals surface area (Å²) in [7, 11) is 0. The van der Waals surface area contributed by atoms with E-state index in [1.165, 1.54) is 0 Å². The normalized spacial score (nSPS) is 28.4. The average molecular weight is 275 g/mol. The van der Waals surface area contributed by atoms with Crippen LogP contribution in [0.2, 0.25) is 0 Å². The van der Waals surface area contributed by atoms with Gasteiger partial charge in [-0.3, -0.25) is 4.79 Å². The van der Waals surface area contributed by atoms with Crippen molar-refractivity contribution in [3.05, 3.63) is 0 Å². The standard InChI is InChI=1S/C14H26N2O.ClH/c1-4-6-14(7-8-14)12(17)16-9-5-11(15)13(2,3)10-16;/h11H,4-10,15H2,1-3H3;1H. The number of hydrogen-bond acceptors (Lipinski definition) is 2. The zero-order chi connectivity index (χ0) is 12.7. The number of rotatable bonds is 3. The van der Waals surface area contributed by atoms with Crippen LogP contribution in [0.25, 0.3) is 0 Å². The summed E-state index contributed by atoms with van der Waals surface area (Å²) in [6, 6.07) is 0.230. The predicted octanol–water partition coefficient (Wildman–Crippen LogP) is 2.57. The molecule has 1 saturated carbocycles. The number of amides is 1. The maximum Gasteiger partial charge on any atom is 0.228 e. The molecule has 0 radical (unpaired) electrons. The quantitative estimate of drug-likeness (QED) is 0.860. The first-order valence-corrected chi connectivity index (χ1v) is 6.96. The molecule has 18 heavy (non-hydrogen) atoms. The average Bonchev–Trinajstić information content (AvgIpc) is 3.03. The van der Waals surface area contributed by atoms with E-state index in [0.717, 1.165) is 45.2 Å². The van der Waals surface area contributed by atoms with Crippen molar-refractivity contribution in [2.24, 2.45) is 16.6 Å². The van der Waals surface area contributed by atoms with Gasteiger partial charge in [0, 0.05) is 24.5 Å². The smallest absolute Gasteiger partial charge is 0.228 e. The van der Waals surface area contributed by atoms with Gasteiger partial charge in [0.15, 0.2) is 0 Å². The highest BCUT2D eigenvalue weighted by molar-refractivity contribution is 5.85. The summed E-state index contributed by atoms with van der Waals surface area (Å²) >= 11 is 0. The fourth-order valence-corrected chi connectivity index (χ4v) is 3.08. The molecule has 0 aromatic carbocycles. The molecule has 1 aliphatic carbocycles. The molecule has 2 fully saturated rings. The van der Waals surface area contributed by atoms with Gasteiger partial charge < -0.3 is 10.6 Å². The maximum atomic E-state index is 12.6. The van der Waals surface area contributed by atoms with Crippen molar-refractivity contribution in [2.75, 3.05) is 13.1 Å². The van der Waals surface area contributed by atoms with Gasteiger partial charge >= 0.3 is 0 Å². The minimum atomic E-state index is 0. The summed E-state index contributed by atoms with van der Waals surface area (Å²) in [4.78, 5) is 14.6. The van der Waals surface area contributed by atoms with Crippen LogP contribution in [0.4, 0.5) is 0 Å². The number of likely N-dealkylation sites (tertiary alicyclic amines) is 1. The highest BCUT2D eigenvalue weighted by atomic mass is 35.5. The van der Waals surface area contributed by atoms with E-state index in [4.69, 9.17) is 5.73 Å². The third kappa shape index (κ3) is 2.83. The Kier molecular flexibility index (Phi) is 4.71. The molecule has 1 heterocycles. The predicted molar refractivity (Wildman–Crippen MR) is 76.8 cm³/mol. The summed E-state index contributed by atoms with van der Waals surface area (Å²) in [6.45, 7) is 8.21. The van der Waals surface area contributed by atoms with Gasteiger partial charge in [-0.25, -0.2) is 0 Å². The fourth-order valence-electron chi connectivity index (χ4n) is 3.08. The first-order chi connectivity index (χ1) is 7.91. The van der Waals surface area contributed by atoms with E-state index in [0.29, 0.717) is 5.91 Å². The second-order valence-corrected chi connectivity index (χ2v) is 6.64. The molecule has 2 rings (SSSR count). The van der Waals surface area contributed by atoms with Crippen LogP contribution in [0.5, 0.6) is 0 Å². The molecule has 1 amide bonds. The number of carbonyl (C=O) groups excluding carboxylic acids is 1. The summed E-state index contributed by atoms with van der Waals surface area (Å²) in [5.41, 5.74) is 6.21. The van der Waals surface area contributed by atoms with Crippen LogP contribution in [-0.4, -0.2) is 29.9 Å². The Morgan fingerprint density at radius 3 is 2.44 bits per heavy atom. The topological polar surface area (TPSA) is 46.3 Å². The molecule has 106 valence electrons.